The van der Waals surface area contributed by atoms with Gasteiger partial charge in [0.15, 0.2) is 0 Å². The molecule has 0 aliphatic heterocycles. The van der Waals surface area contributed by atoms with Crippen LogP contribution in [0.5, 0.6) is 11.5 Å². The largest absolute Gasteiger partial charge is 0.497 e. The van der Waals surface area contributed by atoms with Gasteiger partial charge in [0.25, 0.3) is 0 Å². The van der Waals surface area contributed by atoms with Gasteiger partial charge in [-0.3, -0.25) is 4.79 Å². The Hall–Kier alpha value is -2.53. The third kappa shape index (κ3) is 8.60. The number of carboxylic acids is 1. The molecule has 0 aliphatic rings. The van der Waals surface area contributed by atoms with Gasteiger partial charge in [-0.2, -0.15) is 0 Å². The van der Waals surface area contributed by atoms with Gasteiger partial charge in [0, 0.05) is 6.61 Å². The maximum Gasteiger partial charge on any atom is 0.306 e. The molecule has 0 bridgehead atoms. The molecule has 0 aliphatic carbocycles. The minimum Gasteiger partial charge on any atom is -0.497 e. The molecule has 2 rings (SSSR count). The SMILES string of the molecule is COc1ccc(C[C@H](C)C(=O)O)cc1.COc1ccc(C[C@H](C)CO)cc1. The number of carbonyl (C=O) groups is 1. The van der Waals surface area contributed by atoms with Crippen molar-refractivity contribution in [3.05, 3.63) is 59.7 Å². The van der Waals surface area contributed by atoms with Gasteiger partial charge in [-0.25, -0.2) is 0 Å². The number of carboxylic acid groups (broad SMARTS) is 1. The van der Waals surface area contributed by atoms with Crippen molar-refractivity contribution < 1.29 is 24.5 Å². The Kier molecular flexibility index (Phi) is 9.98. The molecular formula is C22H30O5. The van der Waals surface area contributed by atoms with Gasteiger partial charge in [0.05, 0.1) is 20.1 Å². The molecule has 5 nitrogen and oxygen atoms in total. The van der Waals surface area contributed by atoms with E-state index < -0.39 is 5.97 Å². The molecule has 27 heavy (non-hydrogen) atoms. The van der Waals surface area contributed by atoms with Crippen LogP contribution in [0.1, 0.15) is 25.0 Å². The second-order valence-electron chi connectivity index (χ2n) is 6.63. The first-order valence-electron chi connectivity index (χ1n) is 8.99. The Balaban J connectivity index is 0.000000271. The lowest BCUT2D eigenvalue weighted by molar-refractivity contribution is -0.141. The molecule has 0 amide bonds. The van der Waals surface area contributed by atoms with Crippen molar-refractivity contribution in [3.63, 3.8) is 0 Å². The van der Waals surface area contributed by atoms with Crippen molar-refractivity contribution in [2.75, 3.05) is 20.8 Å². The first-order valence-corrected chi connectivity index (χ1v) is 8.99. The van der Waals surface area contributed by atoms with Crippen molar-refractivity contribution in [3.8, 4) is 11.5 Å². The number of hydrogen-bond donors (Lipinski definition) is 2. The van der Waals surface area contributed by atoms with Crippen LogP contribution in [-0.4, -0.2) is 37.0 Å². The van der Waals surface area contributed by atoms with Crippen molar-refractivity contribution in [1.29, 1.82) is 0 Å². The van der Waals surface area contributed by atoms with E-state index in [0.717, 1.165) is 23.5 Å². The Bertz CT molecular complexity index is 664. The lowest BCUT2D eigenvalue weighted by Crippen LogP contribution is -2.12. The Morgan fingerprint density at radius 2 is 1.26 bits per heavy atom. The molecular weight excluding hydrogens is 344 g/mol. The van der Waals surface area contributed by atoms with Crippen molar-refractivity contribution >= 4 is 5.97 Å². The van der Waals surface area contributed by atoms with E-state index >= 15 is 0 Å². The zero-order chi connectivity index (χ0) is 20.2. The van der Waals surface area contributed by atoms with E-state index in [9.17, 15) is 4.79 Å². The monoisotopic (exact) mass is 374 g/mol. The van der Waals surface area contributed by atoms with Gasteiger partial charge in [-0.15, -0.1) is 0 Å². The summed E-state index contributed by atoms with van der Waals surface area (Å²) in [6, 6.07) is 15.4. The molecule has 0 spiro atoms. The number of ether oxygens (including phenoxy) is 2. The summed E-state index contributed by atoms with van der Waals surface area (Å²) in [6.07, 6.45) is 1.47. The van der Waals surface area contributed by atoms with E-state index in [-0.39, 0.29) is 12.5 Å². The maximum absolute atomic E-state index is 10.6. The minimum atomic E-state index is -0.763. The molecule has 0 aromatic heterocycles. The van der Waals surface area contributed by atoms with E-state index in [0.29, 0.717) is 12.3 Å². The number of aliphatic hydroxyl groups is 1. The minimum absolute atomic E-state index is 0.242. The summed E-state index contributed by atoms with van der Waals surface area (Å²) in [4.78, 5) is 10.6. The molecule has 0 fully saturated rings. The number of rotatable bonds is 8. The molecule has 2 aromatic carbocycles. The van der Waals surface area contributed by atoms with E-state index in [2.05, 4.69) is 0 Å². The highest BCUT2D eigenvalue weighted by Gasteiger charge is 2.11. The number of methoxy groups -OCH3 is 2. The average Bonchev–Trinajstić information content (AvgIpc) is 2.69. The first-order chi connectivity index (χ1) is 12.9. The van der Waals surface area contributed by atoms with Crippen molar-refractivity contribution in [2.45, 2.75) is 26.7 Å². The quantitative estimate of drug-likeness (QED) is 0.734. The summed E-state index contributed by atoms with van der Waals surface area (Å²) < 4.78 is 10.1. The molecule has 0 saturated heterocycles. The van der Waals surface area contributed by atoms with Crippen molar-refractivity contribution in [2.24, 2.45) is 11.8 Å². The smallest absolute Gasteiger partial charge is 0.306 e. The predicted octanol–water partition coefficient (Wildman–Crippen LogP) is 3.82. The molecule has 2 aromatic rings. The van der Waals surface area contributed by atoms with E-state index in [1.807, 2.05) is 55.5 Å². The number of benzene rings is 2. The summed E-state index contributed by atoms with van der Waals surface area (Å²) in [5, 5.41) is 17.6. The lowest BCUT2D eigenvalue weighted by atomic mass is 10.0. The summed E-state index contributed by atoms with van der Waals surface area (Å²) in [5.74, 6) is 0.884. The maximum atomic E-state index is 10.6. The van der Waals surface area contributed by atoms with Crippen LogP contribution in [0.15, 0.2) is 48.5 Å². The van der Waals surface area contributed by atoms with E-state index in [1.54, 1.807) is 21.1 Å². The van der Waals surface area contributed by atoms with Crippen LogP contribution in [0.3, 0.4) is 0 Å². The Morgan fingerprint density at radius 1 is 0.852 bits per heavy atom. The Labute approximate surface area is 161 Å². The summed E-state index contributed by atoms with van der Waals surface area (Å²) in [7, 11) is 3.26. The Morgan fingerprint density at radius 3 is 1.59 bits per heavy atom. The van der Waals surface area contributed by atoms with Crippen LogP contribution >= 0.6 is 0 Å². The normalized spacial score (nSPS) is 12.3. The van der Waals surface area contributed by atoms with Gasteiger partial charge in [-0.1, -0.05) is 38.1 Å². The van der Waals surface area contributed by atoms with Crippen LogP contribution < -0.4 is 9.47 Å². The van der Waals surface area contributed by atoms with Gasteiger partial charge in [0.1, 0.15) is 11.5 Å². The topological polar surface area (TPSA) is 76.0 Å². The molecule has 5 heteroatoms. The number of hydrogen-bond acceptors (Lipinski definition) is 4. The molecule has 148 valence electrons. The number of aliphatic carboxylic acids is 1. The summed E-state index contributed by atoms with van der Waals surface area (Å²) in [5.41, 5.74) is 2.25. The molecule has 0 saturated carbocycles. The van der Waals surface area contributed by atoms with Gasteiger partial charge in [-0.05, 0) is 54.2 Å². The van der Waals surface area contributed by atoms with Gasteiger partial charge in [0.2, 0.25) is 0 Å². The van der Waals surface area contributed by atoms with Gasteiger partial charge >= 0.3 is 5.97 Å². The summed E-state index contributed by atoms with van der Waals surface area (Å²) in [6.45, 7) is 3.98. The number of aliphatic hydroxyl groups excluding tert-OH is 1. The van der Waals surface area contributed by atoms with Crippen LogP contribution in [0, 0.1) is 11.8 Å². The van der Waals surface area contributed by atoms with Crippen LogP contribution in [0.2, 0.25) is 0 Å². The highest BCUT2D eigenvalue weighted by atomic mass is 16.5. The molecule has 0 heterocycles. The fourth-order valence-electron chi connectivity index (χ4n) is 2.43. The molecule has 0 radical (unpaired) electrons. The zero-order valence-corrected chi connectivity index (χ0v) is 16.5. The second kappa shape index (κ2) is 12.0. The third-order valence-corrected chi connectivity index (χ3v) is 4.18. The fraction of sp³-hybridized carbons (Fsp3) is 0.409. The highest BCUT2D eigenvalue weighted by Crippen LogP contribution is 2.15. The average molecular weight is 374 g/mol. The standard InChI is InChI=1S/C11H14O3.C11H16O2/c1-8(11(12)13)7-9-3-5-10(14-2)6-4-9;1-9(8-12)7-10-3-5-11(13-2)6-4-10/h3-6,8H,7H2,1-2H3,(H,12,13);3-6,9,12H,7-8H2,1-2H3/t8-;9-/m00/s1. The fourth-order valence-corrected chi connectivity index (χ4v) is 2.43. The van der Waals surface area contributed by atoms with Crippen LogP contribution in [0.25, 0.3) is 0 Å². The van der Waals surface area contributed by atoms with Crippen LogP contribution in [0.4, 0.5) is 0 Å². The summed E-state index contributed by atoms with van der Waals surface area (Å²) >= 11 is 0. The highest BCUT2D eigenvalue weighted by molar-refractivity contribution is 5.69. The van der Waals surface area contributed by atoms with Gasteiger partial charge < -0.3 is 19.7 Å². The molecule has 2 atom stereocenters. The van der Waals surface area contributed by atoms with Crippen molar-refractivity contribution in [1.82, 2.24) is 0 Å². The molecule has 0 unspecified atom stereocenters. The molecule has 2 N–H and O–H groups in total. The zero-order valence-electron chi connectivity index (χ0n) is 16.5. The van der Waals surface area contributed by atoms with Crippen LogP contribution in [-0.2, 0) is 17.6 Å². The van der Waals surface area contributed by atoms with E-state index in [4.69, 9.17) is 19.7 Å². The second-order valence-corrected chi connectivity index (χ2v) is 6.63. The predicted molar refractivity (Wildman–Crippen MR) is 106 cm³/mol. The third-order valence-electron chi connectivity index (χ3n) is 4.18. The van der Waals surface area contributed by atoms with E-state index in [1.165, 1.54) is 5.56 Å². The lowest BCUT2D eigenvalue weighted by Gasteiger charge is -2.07. The first kappa shape index (κ1) is 22.5.